The minimum absolute atomic E-state index is 0.0560. The second-order valence-corrected chi connectivity index (χ2v) is 11.3. The van der Waals surface area contributed by atoms with Crippen LogP contribution in [-0.4, -0.2) is 51.3 Å². The van der Waals surface area contributed by atoms with Gasteiger partial charge in [-0.3, -0.25) is 9.55 Å². The molecule has 4 rings (SSSR count). The number of allylic oxidation sites excluding steroid dienone is 2. The molecule has 2 aromatic heterocycles. The molecule has 0 radical (unpaired) electrons. The van der Waals surface area contributed by atoms with Crippen molar-refractivity contribution in [3.05, 3.63) is 64.9 Å². The molecule has 1 aliphatic carbocycles. The van der Waals surface area contributed by atoms with Crippen molar-refractivity contribution < 1.29 is 32.6 Å². The Morgan fingerprint density at radius 1 is 1.13 bits per heavy atom. The van der Waals surface area contributed by atoms with Crippen LogP contribution in [0.4, 0.5) is 14.6 Å². The zero-order valence-electron chi connectivity index (χ0n) is 21.4. The van der Waals surface area contributed by atoms with Gasteiger partial charge in [-0.25, -0.2) is 4.98 Å². The van der Waals surface area contributed by atoms with Gasteiger partial charge >= 0.3 is 13.3 Å². The van der Waals surface area contributed by atoms with Gasteiger partial charge in [-0.15, -0.1) is 0 Å². The van der Waals surface area contributed by atoms with E-state index in [-0.39, 0.29) is 19.3 Å². The highest BCUT2D eigenvalue weighted by atomic mass is 31.2. The Balaban J connectivity index is 1.28. The number of halogens is 2. The zero-order valence-corrected chi connectivity index (χ0v) is 22.3. The first-order valence-electron chi connectivity index (χ1n) is 12.4. The lowest BCUT2D eigenvalue weighted by Crippen LogP contribution is -2.20. The normalized spacial score (nSPS) is 16.6. The summed E-state index contributed by atoms with van der Waals surface area (Å²) in [5.41, 5.74) is 8.23. The number of alkyl halides is 2. The topological polar surface area (TPSA) is 128 Å². The van der Waals surface area contributed by atoms with Crippen LogP contribution >= 0.6 is 7.60 Å². The number of hydrogen-bond acceptors (Lipinski definition) is 6. The molecule has 4 N–H and O–H groups in total. The Morgan fingerprint density at radius 3 is 2.66 bits per heavy atom. The number of nitrogens with two attached hydrogens (primary N) is 1. The molecule has 0 fully saturated rings. The molecule has 1 aromatic carbocycles. The van der Waals surface area contributed by atoms with Crippen LogP contribution in [0, 0.1) is 6.92 Å². The number of pyridine rings is 2. The first-order valence-corrected chi connectivity index (χ1v) is 14.0. The van der Waals surface area contributed by atoms with Crippen LogP contribution < -0.4 is 5.73 Å². The number of rotatable bonds is 11. The number of aromatic nitrogens is 2. The predicted molar refractivity (Wildman–Crippen MR) is 143 cm³/mol. The molecule has 38 heavy (non-hydrogen) atoms. The fourth-order valence-corrected chi connectivity index (χ4v) is 4.85. The van der Waals surface area contributed by atoms with E-state index in [1.807, 2.05) is 32.2 Å². The van der Waals surface area contributed by atoms with E-state index < -0.39 is 26.3 Å². The van der Waals surface area contributed by atoms with Crippen molar-refractivity contribution in [3.63, 3.8) is 0 Å². The lowest BCUT2D eigenvalue weighted by Gasteiger charge is -2.21. The van der Waals surface area contributed by atoms with Gasteiger partial charge < -0.3 is 25.0 Å². The van der Waals surface area contributed by atoms with Crippen LogP contribution in [-0.2, 0) is 20.5 Å². The summed E-state index contributed by atoms with van der Waals surface area (Å²) >= 11 is 0. The number of benzene rings is 1. The lowest BCUT2D eigenvalue weighted by molar-refractivity contribution is -0.00919. The summed E-state index contributed by atoms with van der Waals surface area (Å²) in [5, 5.41) is 2.03. The third kappa shape index (κ3) is 6.62. The zero-order chi connectivity index (χ0) is 27.5. The highest BCUT2D eigenvalue weighted by Gasteiger charge is 2.48. The molecule has 3 aromatic rings. The molecule has 8 nitrogen and oxygen atoms in total. The van der Waals surface area contributed by atoms with E-state index in [4.69, 9.17) is 25.0 Å². The number of ether oxygens (including phenoxy) is 2. The Hall–Kier alpha value is -2.75. The van der Waals surface area contributed by atoms with E-state index in [0.29, 0.717) is 17.8 Å². The summed E-state index contributed by atoms with van der Waals surface area (Å²) < 4.78 is 48.0. The van der Waals surface area contributed by atoms with Gasteiger partial charge in [-0.05, 0) is 67.5 Å². The summed E-state index contributed by atoms with van der Waals surface area (Å²) in [7, 11) is -5.48. The summed E-state index contributed by atoms with van der Waals surface area (Å²) in [6.07, 6.45) is 7.19. The lowest BCUT2D eigenvalue weighted by atomic mass is 9.92. The Labute approximate surface area is 219 Å². The smallest absolute Gasteiger partial charge is 0.382 e. The molecule has 0 aliphatic heterocycles. The second kappa shape index (κ2) is 11.6. The van der Waals surface area contributed by atoms with Crippen molar-refractivity contribution in [1.82, 2.24) is 9.97 Å². The van der Waals surface area contributed by atoms with Crippen molar-refractivity contribution in [2.45, 2.75) is 51.3 Å². The molecular weight excluding hydrogens is 515 g/mol. The van der Waals surface area contributed by atoms with Gasteiger partial charge in [0.05, 0.1) is 31.4 Å². The van der Waals surface area contributed by atoms with Gasteiger partial charge in [0.1, 0.15) is 5.52 Å². The standard InChI is InChI=1S/C27H32F2N3O5P/c1-17-3-8-22-23-15-19(16-31-25(23)26(30)32-24(22)13-17)4-5-20-6-7-21(14-18(20)2)37-12-11-36-10-9-27(28,29)38(33,34)35/h3,6,8,13-16,21H,4-5,7,9-12H2,1-2H3,(H2,30,32)(H2,33,34,35). The summed E-state index contributed by atoms with van der Waals surface area (Å²) in [4.78, 5) is 26.3. The van der Waals surface area contributed by atoms with Crippen LogP contribution in [0.2, 0.25) is 0 Å². The number of nitrogens with zero attached hydrogens (tertiary/aromatic N) is 2. The number of hydrogen-bond donors (Lipinski definition) is 3. The SMILES string of the molecule is CC1=CC(OCCOCCC(F)(F)P(=O)(O)O)CC=C1CCc1cnc2c(N)nc3cc(C)ccc3c2c1. The fourth-order valence-electron chi connectivity index (χ4n) is 4.47. The van der Waals surface area contributed by atoms with Crippen LogP contribution in [0.25, 0.3) is 21.8 Å². The molecule has 0 saturated carbocycles. The third-order valence-corrected chi connectivity index (χ3v) is 7.70. The maximum absolute atomic E-state index is 13.2. The molecule has 0 saturated heterocycles. The maximum atomic E-state index is 13.2. The molecule has 0 amide bonds. The van der Waals surface area contributed by atoms with Crippen LogP contribution in [0.15, 0.2) is 53.8 Å². The van der Waals surface area contributed by atoms with E-state index in [0.717, 1.165) is 45.8 Å². The predicted octanol–water partition coefficient (Wildman–Crippen LogP) is 5.45. The highest BCUT2D eigenvalue weighted by molar-refractivity contribution is 7.53. The first-order chi connectivity index (χ1) is 17.9. The van der Waals surface area contributed by atoms with E-state index in [9.17, 15) is 13.3 Å². The summed E-state index contributed by atoms with van der Waals surface area (Å²) in [6.45, 7) is 3.83. The Kier molecular flexibility index (Phi) is 8.59. The molecule has 0 spiro atoms. The van der Waals surface area contributed by atoms with Crippen molar-refractivity contribution in [1.29, 1.82) is 0 Å². The van der Waals surface area contributed by atoms with Crippen molar-refractivity contribution in [2.24, 2.45) is 0 Å². The van der Waals surface area contributed by atoms with E-state index in [2.05, 4.69) is 34.2 Å². The fraction of sp³-hybridized carbons (Fsp3) is 0.407. The highest BCUT2D eigenvalue weighted by Crippen LogP contribution is 2.54. The van der Waals surface area contributed by atoms with Gasteiger partial charge in [0.15, 0.2) is 5.82 Å². The Bertz CT molecular complexity index is 1440. The van der Waals surface area contributed by atoms with Crippen molar-refractivity contribution in [3.8, 4) is 0 Å². The maximum Gasteiger partial charge on any atom is 0.394 e. The van der Waals surface area contributed by atoms with E-state index in [1.165, 1.54) is 5.57 Å². The number of nitrogen functional groups attached to an aromatic ring is 1. The van der Waals surface area contributed by atoms with Gasteiger partial charge in [0, 0.05) is 23.4 Å². The molecule has 204 valence electrons. The summed E-state index contributed by atoms with van der Waals surface area (Å²) in [6, 6.07) is 8.28. The number of aryl methyl sites for hydroxylation is 2. The van der Waals surface area contributed by atoms with Gasteiger partial charge in [0.25, 0.3) is 0 Å². The molecular formula is C27H32F2N3O5P. The molecule has 1 aliphatic rings. The molecule has 1 unspecified atom stereocenters. The Morgan fingerprint density at radius 2 is 1.92 bits per heavy atom. The molecule has 11 heteroatoms. The average molecular weight is 548 g/mol. The van der Waals surface area contributed by atoms with Gasteiger partial charge in [-0.1, -0.05) is 24.3 Å². The van der Waals surface area contributed by atoms with Crippen molar-refractivity contribution in [2.75, 3.05) is 25.6 Å². The molecule has 0 bridgehead atoms. The molecule has 2 heterocycles. The quantitative estimate of drug-likeness (QED) is 0.164. The van der Waals surface area contributed by atoms with E-state index >= 15 is 0 Å². The first kappa shape index (κ1) is 28.3. The molecule has 1 atom stereocenters. The van der Waals surface area contributed by atoms with Gasteiger partial charge in [0.2, 0.25) is 0 Å². The van der Waals surface area contributed by atoms with Crippen molar-refractivity contribution >= 4 is 35.2 Å². The van der Waals surface area contributed by atoms with E-state index in [1.54, 1.807) is 0 Å². The third-order valence-electron chi connectivity index (χ3n) is 6.63. The number of fused-ring (bicyclic) bond motifs is 3. The van der Waals surface area contributed by atoms with Crippen LogP contribution in [0.3, 0.4) is 0 Å². The minimum atomic E-state index is -5.48. The second-order valence-electron chi connectivity index (χ2n) is 9.55. The summed E-state index contributed by atoms with van der Waals surface area (Å²) in [5.74, 6) is 0.425. The van der Waals surface area contributed by atoms with Crippen LogP contribution in [0.5, 0.6) is 0 Å². The monoisotopic (exact) mass is 547 g/mol. The largest absolute Gasteiger partial charge is 0.394 e. The van der Waals surface area contributed by atoms with Crippen LogP contribution in [0.1, 0.15) is 37.3 Å². The van der Waals surface area contributed by atoms with Gasteiger partial charge in [-0.2, -0.15) is 8.78 Å². The average Bonchev–Trinajstić information content (AvgIpc) is 2.84. The number of anilines is 1. The minimum Gasteiger partial charge on any atom is -0.382 e.